The topological polar surface area (TPSA) is 72.4 Å². The molecule has 1 aromatic carbocycles. The van der Waals surface area contributed by atoms with Crippen LogP contribution in [-0.4, -0.2) is 29.0 Å². The fourth-order valence-corrected chi connectivity index (χ4v) is 3.15. The van der Waals surface area contributed by atoms with Crippen LogP contribution in [0.15, 0.2) is 22.7 Å². The second kappa shape index (κ2) is 5.98. The van der Waals surface area contributed by atoms with Gasteiger partial charge in [-0.15, -0.1) is 0 Å². The minimum absolute atomic E-state index is 0.110. The summed E-state index contributed by atoms with van der Waals surface area (Å²) in [5.74, 6) is 0.598. The zero-order valence-electron chi connectivity index (χ0n) is 10.9. The first-order valence-electron chi connectivity index (χ1n) is 6.36. The van der Waals surface area contributed by atoms with E-state index in [1.165, 1.54) is 0 Å². The number of nitro benzene ring substituents is 1. The molecule has 0 saturated carbocycles. The zero-order valence-corrected chi connectivity index (χ0v) is 12.5. The van der Waals surface area contributed by atoms with Gasteiger partial charge >= 0.3 is 0 Å². The maximum Gasteiger partial charge on any atom is 0.270 e. The van der Waals surface area contributed by atoms with Gasteiger partial charge in [-0.1, -0.05) is 22.9 Å². The highest BCUT2D eigenvalue weighted by Gasteiger charge is 2.22. The van der Waals surface area contributed by atoms with E-state index >= 15 is 0 Å². The van der Waals surface area contributed by atoms with Crippen molar-refractivity contribution in [1.82, 2.24) is 4.90 Å². The molecule has 104 valence electrons. The Morgan fingerprint density at radius 1 is 1.53 bits per heavy atom. The molecule has 1 saturated heterocycles. The molecule has 2 atom stereocenters. The third kappa shape index (κ3) is 3.75. The molecule has 0 amide bonds. The van der Waals surface area contributed by atoms with Crippen LogP contribution in [0.1, 0.15) is 18.9 Å². The number of nitrogens with two attached hydrogens (primary N) is 1. The first-order valence-corrected chi connectivity index (χ1v) is 7.15. The first-order chi connectivity index (χ1) is 8.95. The maximum atomic E-state index is 10.7. The molecule has 1 aliphatic heterocycles. The van der Waals surface area contributed by atoms with Crippen LogP contribution in [0.2, 0.25) is 0 Å². The Hall–Kier alpha value is -0.980. The summed E-state index contributed by atoms with van der Waals surface area (Å²) in [6.45, 7) is 4.89. The molecule has 0 aliphatic carbocycles. The molecule has 5 nitrogen and oxygen atoms in total. The fourth-order valence-electron chi connectivity index (χ4n) is 2.66. The number of hydrogen-bond donors (Lipinski definition) is 1. The van der Waals surface area contributed by atoms with Gasteiger partial charge in [-0.05, 0) is 24.0 Å². The van der Waals surface area contributed by atoms with Crippen LogP contribution in [0.4, 0.5) is 5.69 Å². The zero-order chi connectivity index (χ0) is 14.0. The lowest BCUT2D eigenvalue weighted by molar-refractivity contribution is -0.384. The van der Waals surface area contributed by atoms with Crippen molar-refractivity contribution in [3.05, 3.63) is 38.3 Å². The lowest BCUT2D eigenvalue weighted by atomic mass is 9.96. The highest BCUT2D eigenvalue weighted by Crippen LogP contribution is 2.25. The highest BCUT2D eigenvalue weighted by atomic mass is 79.9. The van der Waals surface area contributed by atoms with E-state index < -0.39 is 0 Å². The number of halogens is 1. The van der Waals surface area contributed by atoms with Crippen molar-refractivity contribution in [1.29, 1.82) is 0 Å². The van der Waals surface area contributed by atoms with E-state index in [4.69, 9.17) is 5.73 Å². The van der Waals surface area contributed by atoms with Crippen molar-refractivity contribution >= 4 is 21.6 Å². The van der Waals surface area contributed by atoms with Gasteiger partial charge in [0.1, 0.15) is 0 Å². The standard InChI is InChI=1S/C13H18BrN3O2/c1-9-4-11(15)8-16(6-9)7-10-2-3-12(17(18)19)5-13(10)14/h2-3,5,9,11H,4,6-8,15H2,1H3. The van der Waals surface area contributed by atoms with Crippen molar-refractivity contribution < 1.29 is 4.92 Å². The summed E-state index contributed by atoms with van der Waals surface area (Å²) < 4.78 is 0.786. The van der Waals surface area contributed by atoms with E-state index in [2.05, 4.69) is 27.8 Å². The minimum atomic E-state index is -0.382. The molecule has 0 radical (unpaired) electrons. The van der Waals surface area contributed by atoms with E-state index in [0.29, 0.717) is 5.92 Å². The Labute approximate surface area is 121 Å². The number of non-ortho nitro benzene ring substituents is 1. The van der Waals surface area contributed by atoms with Crippen molar-refractivity contribution in [2.75, 3.05) is 13.1 Å². The summed E-state index contributed by atoms with van der Waals surface area (Å²) in [5, 5.41) is 10.7. The van der Waals surface area contributed by atoms with E-state index in [1.54, 1.807) is 12.1 Å². The van der Waals surface area contributed by atoms with E-state index in [9.17, 15) is 10.1 Å². The number of benzene rings is 1. The van der Waals surface area contributed by atoms with Gasteiger partial charge in [0.2, 0.25) is 0 Å². The van der Waals surface area contributed by atoms with Crippen LogP contribution in [0.25, 0.3) is 0 Å². The molecule has 1 heterocycles. The molecule has 1 fully saturated rings. The molecule has 0 spiro atoms. The average molecular weight is 328 g/mol. The second-order valence-electron chi connectivity index (χ2n) is 5.33. The molecular weight excluding hydrogens is 310 g/mol. The molecule has 2 rings (SSSR count). The van der Waals surface area contributed by atoms with Crippen LogP contribution in [0, 0.1) is 16.0 Å². The van der Waals surface area contributed by atoms with Crippen LogP contribution < -0.4 is 5.73 Å². The number of piperidine rings is 1. The smallest absolute Gasteiger partial charge is 0.270 e. The van der Waals surface area contributed by atoms with Crippen molar-refractivity contribution in [2.24, 2.45) is 11.7 Å². The van der Waals surface area contributed by atoms with E-state index in [0.717, 1.165) is 36.1 Å². The molecule has 6 heteroatoms. The van der Waals surface area contributed by atoms with Crippen LogP contribution in [-0.2, 0) is 6.54 Å². The number of nitro groups is 1. The predicted octanol–water partition coefficient (Wildman–Crippen LogP) is 2.53. The van der Waals surface area contributed by atoms with Gasteiger partial charge in [-0.2, -0.15) is 0 Å². The largest absolute Gasteiger partial charge is 0.327 e. The summed E-state index contributed by atoms with van der Waals surface area (Å²) in [7, 11) is 0. The molecule has 2 N–H and O–H groups in total. The molecule has 1 aromatic rings. The summed E-state index contributed by atoms with van der Waals surface area (Å²) in [6.07, 6.45) is 1.07. The normalized spacial score (nSPS) is 24.4. The van der Waals surface area contributed by atoms with Gasteiger partial charge in [-0.25, -0.2) is 0 Å². The van der Waals surface area contributed by atoms with E-state index in [-0.39, 0.29) is 16.7 Å². The summed E-state index contributed by atoms with van der Waals surface area (Å²) in [5.41, 5.74) is 7.20. The monoisotopic (exact) mass is 327 g/mol. The second-order valence-corrected chi connectivity index (χ2v) is 6.18. The minimum Gasteiger partial charge on any atom is -0.327 e. The van der Waals surface area contributed by atoms with Gasteiger partial charge in [-0.3, -0.25) is 15.0 Å². The van der Waals surface area contributed by atoms with Crippen LogP contribution in [0.5, 0.6) is 0 Å². The van der Waals surface area contributed by atoms with Crippen molar-refractivity contribution in [3.8, 4) is 0 Å². The number of rotatable bonds is 3. The van der Waals surface area contributed by atoms with Gasteiger partial charge in [0.15, 0.2) is 0 Å². The van der Waals surface area contributed by atoms with Crippen molar-refractivity contribution in [2.45, 2.75) is 25.9 Å². The summed E-state index contributed by atoms with van der Waals surface area (Å²) >= 11 is 3.41. The predicted molar refractivity (Wildman–Crippen MR) is 77.8 cm³/mol. The summed E-state index contributed by atoms with van der Waals surface area (Å²) in [6, 6.07) is 5.14. The van der Waals surface area contributed by atoms with Gasteiger partial charge in [0.05, 0.1) is 4.92 Å². The maximum absolute atomic E-state index is 10.7. The van der Waals surface area contributed by atoms with Crippen molar-refractivity contribution in [3.63, 3.8) is 0 Å². The number of nitrogens with zero attached hydrogens (tertiary/aromatic N) is 2. The molecule has 0 bridgehead atoms. The molecule has 2 unspecified atom stereocenters. The molecule has 1 aliphatic rings. The third-order valence-electron chi connectivity index (χ3n) is 3.41. The summed E-state index contributed by atoms with van der Waals surface area (Å²) in [4.78, 5) is 12.6. The molecular formula is C13H18BrN3O2. The number of likely N-dealkylation sites (tertiary alicyclic amines) is 1. The quantitative estimate of drug-likeness (QED) is 0.684. The Morgan fingerprint density at radius 3 is 2.84 bits per heavy atom. The Balaban J connectivity index is 2.08. The number of hydrogen-bond acceptors (Lipinski definition) is 4. The van der Waals surface area contributed by atoms with Crippen LogP contribution in [0.3, 0.4) is 0 Å². The lowest BCUT2D eigenvalue weighted by Crippen LogP contribution is -2.45. The highest BCUT2D eigenvalue weighted by molar-refractivity contribution is 9.10. The van der Waals surface area contributed by atoms with Gasteiger partial charge in [0, 0.05) is 42.3 Å². The van der Waals surface area contributed by atoms with Gasteiger partial charge in [0.25, 0.3) is 5.69 Å². The first kappa shape index (κ1) is 14.4. The van der Waals surface area contributed by atoms with E-state index in [1.807, 2.05) is 6.07 Å². The Bertz CT molecular complexity index is 471. The molecule has 19 heavy (non-hydrogen) atoms. The Kier molecular flexibility index (Phi) is 4.54. The third-order valence-corrected chi connectivity index (χ3v) is 4.15. The molecule has 0 aromatic heterocycles. The van der Waals surface area contributed by atoms with Gasteiger partial charge < -0.3 is 5.73 Å². The lowest BCUT2D eigenvalue weighted by Gasteiger charge is -2.34. The SMILES string of the molecule is CC1CC(N)CN(Cc2ccc([N+](=O)[O-])cc2Br)C1. The average Bonchev–Trinajstić information content (AvgIpc) is 2.30. The Morgan fingerprint density at radius 2 is 2.26 bits per heavy atom. The van der Waals surface area contributed by atoms with Crippen LogP contribution >= 0.6 is 15.9 Å². The fraction of sp³-hybridized carbons (Fsp3) is 0.538.